The standard InChI is InChI=1S/C26H34N2O3S/c1-21-7-9-22(10-8-21)11-12-23-13-15-28(16-14-23)26(29)25(24-5-3-2-4-6-24)27-17-19-32(30,31)20-18-27/h2-10,23,25H,11-20H2,1H3. The van der Waals surface area contributed by atoms with Gasteiger partial charge in [-0.25, -0.2) is 8.42 Å². The largest absolute Gasteiger partial charge is 0.341 e. The number of hydrogen-bond donors (Lipinski definition) is 0. The van der Waals surface area contributed by atoms with E-state index in [-0.39, 0.29) is 17.4 Å². The van der Waals surface area contributed by atoms with Gasteiger partial charge in [0, 0.05) is 26.2 Å². The zero-order valence-corrected chi connectivity index (χ0v) is 19.8. The van der Waals surface area contributed by atoms with Gasteiger partial charge in [0.15, 0.2) is 9.84 Å². The van der Waals surface area contributed by atoms with Crippen LogP contribution in [0.2, 0.25) is 0 Å². The lowest BCUT2D eigenvalue weighted by Crippen LogP contribution is -2.50. The summed E-state index contributed by atoms with van der Waals surface area (Å²) in [5.41, 5.74) is 3.64. The molecule has 4 rings (SSSR count). The number of rotatable bonds is 6. The quantitative estimate of drug-likeness (QED) is 0.669. The molecule has 0 saturated carbocycles. The second-order valence-electron chi connectivity index (χ2n) is 9.29. The lowest BCUT2D eigenvalue weighted by molar-refractivity contribution is -0.138. The van der Waals surface area contributed by atoms with E-state index in [9.17, 15) is 13.2 Å². The molecular formula is C26H34N2O3S. The highest BCUT2D eigenvalue weighted by molar-refractivity contribution is 7.91. The van der Waals surface area contributed by atoms with Crippen molar-refractivity contribution in [2.24, 2.45) is 5.92 Å². The van der Waals surface area contributed by atoms with Crippen LogP contribution >= 0.6 is 0 Å². The summed E-state index contributed by atoms with van der Waals surface area (Å²) in [5, 5.41) is 0. The fraction of sp³-hybridized carbons (Fsp3) is 0.500. The van der Waals surface area contributed by atoms with E-state index >= 15 is 0 Å². The first-order chi connectivity index (χ1) is 15.4. The van der Waals surface area contributed by atoms with Crippen molar-refractivity contribution < 1.29 is 13.2 Å². The molecule has 1 atom stereocenters. The number of sulfone groups is 1. The number of amides is 1. The summed E-state index contributed by atoms with van der Waals surface area (Å²) in [6.45, 7) is 4.52. The Kier molecular flexibility index (Phi) is 7.31. The van der Waals surface area contributed by atoms with Crippen molar-refractivity contribution in [3.05, 3.63) is 71.3 Å². The molecule has 1 unspecified atom stereocenters. The number of hydrogen-bond acceptors (Lipinski definition) is 4. The molecule has 2 heterocycles. The molecule has 1 amide bonds. The molecule has 0 bridgehead atoms. The minimum Gasteiger partial charge on any atom is -0.341 e. The lowest BCUT2D eigenvalue weighted by Gasteiger charge is -2.39. The summed E-state index contributed by atoms with van der Waals surface area (Å²) >= 11 is 0. The topological polar surface area (TPSA) is 57.7 Å². The van der Waals surface area contributed by atoms with E-state index in [1.165, 1.54) is 11.1 Å². The maximum absolute atomic E-state index is 13.6. The molecule has 0 spiro atoms. The molecule has 0 aliphatic carbocycles. The number of aryl methyl sites for hydroxylation is 2. The molecule has 2 saturated heterocycles. The Bertz CT molecular complexity index is 983. The summed E-state index contributed by atoms with van der Waals surface area (Å²) in [6, 6.07) is 18.2. The van der Waals surface area contributed by atoms with Gasteiger partial charge in [-0.1, -0.05) is 60.2 Å². The Morgan fingerprint density at radius 3 is 2.19 bits per heavy atom. The van der Waals surface area contributed by atoms with Gasteiger partial charge in [-0.3, -0.25) is 9.69 Å². The Morgan fingerprint density at radius 2 is 1.56 bits per heavy atom. The normalized spacial score (nSPS) is 20.7. The SMILES string of the molecule is Cc1ccc(CCC2CCN(C(=O)C(c3ccccc3)N3CCS(=O)(=O)CC3)CC2)cc1. The van der Waals surface area contributed by atoms with Gasteiger partial charge in [0.1, 0.15) is 6.04 Å². The van der Waals surface area contributed by atoms with Crippen molar-refractivity contribution in [2.45, 2.75) is 38.6 Å². The van der Waals surface area contributed by atoms with Gasteiger partial charge in [0.25, 0.3) is 0 Å². The van der Waals surface area contributed by atoms with Crippen LogP contribution in [0, 0.1) is 12.8 Å². The van der Waals surface area contributed by atoms with Crippen LogP contribution in [-0.2, 0) is 21.1 Å². The summed E-state index contributed by atoms with van der Waals surface area (Å²) in [7, 11) is -2.99. The maximum Gasteiger partial charge on any atom is 0.244 e. The third kappa shape index (κ3) is 5.78. The van der Waals surface area contributed by atoms with Crippen molar-refractivity contribution in [2.75, 3.05) is 37.7 Å². The highest BCUT2D eigenvalue weighted by atomic mass is 32.2. The first kappa shape index (κ1) is 23.0. The van der Waals surface area contributed by atoms with E-state index in [1.54, 1.807) is 0 Å². The first-order valence-electron chi connectivity index (χ1n) is 11.7. The zero-order valence-electron chi connectivity index (χ0n) is 18.9. The molecule has 2 aliphatic heterocycles. The molecule has 2 aromatic carbocycles. The molecule has 2 aliphatic rings. The zero-order chi connectivity index (χ0) is 22.6. The van der Waals surface area contributed by atoms with Gasteiger partial charge in [-0.2, -0.15) is 0 Å². The van der Waals surface area contributed by atoms with Crippen molar-refractivity contribution in [3.8, 4) is 0 Å². The van der Waals surface area contributed by atoms with E-state index in [4.69, 9.17) is 0 Å². The summed E-state index contributed by atoms with van der Waals surface area (Å²) < 4.78 is 23.8. The Hall–Kier alpha value is -2.18. The number of likely N-dealkylation sites (tertiary alicyclic amines) is 1. The van der Waals surface area contributed by atoms with Crippen LogP contribution in [0.25, 0.3) is 0 Å². The lowest BCUT2D eigenvalue weighted by atomic mass is 9.90. The van der Waals surface area contributed by atoms with Crippen molar-refractivity contribution in [3.63, 3.8) is 0 Å². The van der Waals surface area contributed by atoms with Gasteiger partial charge in [0.05, 0.1) is 11.5 Å². The van der Waals surface area contributed by atoms with Crippen molar-refractivity contribution >= 4 is 15.7 Å². The molecule has 172 valence electrons. The average Bonchev–Trinajstić information content (AvgIpc) is 2.81. The van der Waals surface area contributed by atoms with E-state index in [2.05, 4.69) is 36.1 Å². The van der Waals surface area contributed by atoms with Crippen LogP contribution in [0.4, 0.5) is 0 Å². The second-order valence-corrected chi connectivity index (χ2v) is 11.6. The number of piperidine rings is 1. The summed E-state index contributed by atoms with van der Waals surface area (Å²) in [5.74, 6) is 1.03. The van der Waals surface area contributed by atoms with E-state index < -0.39 is 15.9 Å². The van der Waals surface area contributed by atoms with Gasteiger partial charge in [-0.15, -0.1) is 0 Å². The van der Waals surface area contributed by atoms with Gasteiger partial charge >= 0.3 is 0 Å². The van der Waals surface area contributed by atoms with E-state index in [0.29, 0.717) is 19.0 Å². The molecule has 32 heavy (non-hydrogen) atoms. The van der Waals surface area contributed by atoms with Crippen LogP contribution in [0.1, 0.15) is 42.0 Å². The second kappa shape index (κ2) is 10.2. The highest BCUT2D eigenvalue weighted by Gasteiger charge is 2.36. The third-order valence-corrected chi connectivity index (χ3v) is 8.59. The molecular weight excluding hydrogens is 420 g/mol. The summed E-state index contributed by atoms with van der Waals surface area (Å²) in [6.07, 6.45) is 4.33. The van der Waals surface area contributed by atoms with E-state index in [1.807, 2.05) is 35.2 Å². The van der Waals surface area contributed by atoms with Crippen LogP contribution in [-0.4, -0.2) is 61.8 Å². The minimum absolute atomic E-state index is 0.118. The molecule has 0 radical (unpaired) electrons. The maximum atomic E-state index is 13.6. The molecule has 6 heteroatoms. The van der Waals surface area contributed by atoms with Gasteiger partial charge in [-0.05, 0) is 49.7 Å². The Labute approximate surface area is 192 Å². The molecule has 2 fully saturated rings. The monoisotopic (exact) mass is 454 g/mol. The Morgan fingerprint density at radius 1 is 0.938 bits per heavy atom. The molecule has 0 N–H and O–H groups in total. The summed E-state index contributed by atoms with van der Waals surface area (Å²) in [4.78, 5) is 17.7. The van der Waals surface area contributed by atoms with Gasteiger partial charge in [0.2, 0.25) is 5.91 Å². The number of carbonyl (C=O) groups is 1. The van der Waals surface area contributed by atoms with Crippen LogP contribution in [0.5, 0.6) is 0 Å². The molecule has 5 nitrogen and oxygen atoms in total. The van der Waals surface area contributed by atoms with Crippen LogP contribution in [0.15, 0.2) is 54.6 Å². The number of benzene rings is 2. The van der Waals surface area contributed by atoms with Crippen molar-refractivity contribution in [1.82, 2.24) is 9.80 Å². The fourth-order valence-corrected chi connectivity index (χ4v) is 6.10. The number of nitrogens with zero attached hydrogens (tertiary/aromatic N) is 2. The average molecular weight is 455 g/mol. The van der Waals surface area contributed by atoms with Gasteiger partial charge < -0.3 is 4.90 Å². The first-order valence-corrected chi connectivity index (χ1v) is 13.6. The molecule has 2 aromatic rings. The number of carbonyl (C=O) groups excluding carboxylic acids is 1. The Balaban J connectivity index is 1.37. The van der Waals surface area contributed by atoms with Crippen molar-refractivity contribution in [1.29, 1.82) is 0 Å². The third-order valence-electron chi connectivity index (χ3n) is 6.98. The highest BCUT2D eigenvalue weighted by Crippen LogP contribution is 2.29. The minimum atomic E-state index is -2.99. The molecule has 0 aromatic heterocycles. The smallest absolute Gasteiger partial charge is 0.244 e. The predicted molar refractivity (Wildman–Crippen MR) is 128 cm³/mol. The predicted octanol–water partition coefficient (Wildman–Crippen LogP) is 3.64. The van der Waals surface area contributed by atoms with Crippen LogP contribution in [0.3, 0.4) is 0 Å². The van der Waals surface area contributed by atoms with Crippen LogP contribution < -0.4 is 0 Å². The fourth-order valence-electron chi connectivity index (χ4n) is 4.87. The van der Waals surface area contributed by atoms with E-state index in [0.717, 1.165) is 44.3 Å².